The second-order valence-electron chi connectivity index (χ2n) is 4.08. The molecule has 14 heavy (non-hydrogen) atoms. The normalized spacial score (nSPS) is 26.4. The SMILES string of the molecule is COc1cccc([C@@H]2C[C@@H](C)CN2)c1. The van der Waals surface area contributed by atoms with Crippen LogP contribution in [0.2, 0.25) is 0 Å². The maximum absolute atomic E-state index is 5.21. The molecule has 1 heterocycles. The lowest BCUT2D eigenvalue weighted by Crippen LogP contribution is -2.13. The summed E-state index contributed by atoms with van der Waals surface area (Å²) in [6, 6.07) is 8.84. The van der Waals surface area contributed by atoms with E-state index in [2.05, 4.69) is 30.4 Å². The predicted molar refractivity (Wildman–Crippen MR) is 57.5 cm³/mol. The van der Waals surface area contributed by atoms with Crippen molar-refractivity contribution in [2.24, 2.45) is 5.92 Å². The van der Waals surface area contributed by atoms with E-state index >= 15 is 0 Å². The molecular weight excluding hydrogens is 174 g/mol. The van der Waals surface area contributed by atoms with Crippen molar-refractivity contribution in [1.82, 2.24) is 5.32 Å². The van der Waals surface area contributed by atoms with Crippen LogP contribution < -0.4 is 10.1 Å². The molecule has 0 spiro atoms. The van der Waals surface area contributed by atoms with Crippen molar-refractivity contribution in [2.45, 2.75) is 19.4 Å². The van der Waals surface area contributed by atoms with E-state index in [9.17, 15) is 0 Å². The molecule has 1 aromatic carbocycles. The summed E-state index contributed by atoms with van der Waals surface area (Å²) in [5, 5.41) is 3.52. The Bertz CT molecular complexity index is 311. The zero-order chi connectivity index (χ0) is 9.97. The van der Waals surface area contributed by atoms with Crippen molar-refractivity contribution in [1.29, 1.82) is 0 Å². The van der Waals surface area contributed by atoms with E-state index in [0.717, 1.165) is 18.2 Å². The van der Waals surface area contributed by atoms with Crippen molar-refractivity contribution in [3.05, 3.63) is 29.8 Å². The fraction of sp³-hybridized carbons (Fsp3) is 0.500. The minimum absolute atomic E-state index is 0.514. The van der Waals surface area contributed by atoms with Gasteiger partial charge < -0.3 is 10.1 Å². The van der Waals surface area contributed by atoms with Gasteiger partial charge in [-0.2, -0.15) is 0 Å². The third-order valence-electron chi connectivity index (χ3n) is 2.85. The Morgan fingerprint density at radius 1 is 1.43 bits per heavy atom. The Balaban J connectivity index is 2.15. The molecule has 76 valence electrons. The van der Waals surface area contributed by atoms with Crippen LogP contribution in [0.3, 0.4) is 0 Å². The van der Waals surface area contributed by atoms with Gasteiger partial charge in [0.1, 0.15) is 5.75 Å². The first-order valence-corrected chi connectivity index (χ1v) is 5.17. The van der Waals surface area contributed by atoms with E-state index < -0.39 is 0 Å². The third kappa shape index (κ3) is 1.90. The Hall–Kier alpha value is -1.02. The molecule has 1 N–H and O–H groups in total. The zero-order valence-electron chi connectivity index (χ0n) is 8.79. The maximum atomic E-state index is 5.21. The number of ether oxygens (including phenoxy) is 1. The highest BCUT2D eigenvalue weighted by Gasteiger charge is 2.21. The van der Waals surface area contributed by atoms with Crippen molar-refractivity contribution in [2.75, 3.05) is 13.7 Å². The summed E-state index contributed by atoms with van der Waals surface area (Å²) >= 11 is 0. The molecule has 0 bridgehead atoms. The van der Waals surface area contributed by atoms with Crippen LogP contribution in [0.25, 0.3) is 0 Å². The zero-order valence-corrected chi connectivity index (χ0v) is 8.79. The Kier molecular flexibility index (Phi) is 2.73. The summed E-state index contributed by atoms with van der Waals surface area (Å²) in [4.78, 5) is 0. The molecule has 2 atom stereocenters. The fourth-order valence-corrected chi connectivity index (χ4v) is 2.02. The molecule has 1 aliphatic heterocycles. The number of hydrogen-bond acceptors (Lipinski definition) is 2. The lowest BCUT2D eigenvalue weighted by Gasteiger charge is -2.11. The van der Waals surface area contributed by atoms with Gasteiger partial charge in [-0.05, 0) is 36.6 Å². The first-order valence-electron chi connectivity index (χ1n) is 5.17. The molecule has 2 rings (SSSR count). The monoisotopic (exact) mass is 191 g/mol. The summed E-state index contributed by atoms with van der Waals surface area (Å²) in [5.74, 6) is 1.73. The molecule has 1 fully saturated rings. The van der Waals surface area contributed by atoms with Crippen molar-refractivity contribution < 1.29 is 4.74 Å². The van der Waals surface area contributed by atoms with Crippen molar-refractivity contribution >= 4 is 0 Å². The van der Waals surface area contributed by atoms with Crippen LogP contribution in [0.15, 0.2) is 24.3 Å². The number of hydrogen-bond donors (Lipinski definition) is 1. The minimum atomic E-state index is 0.514. The summed E-state index contributed by atoms with van der Waals surface area (Å²) in [5.41, 5.74) is 1.34. The Morgan fingerprint density at radius 3 is 2.93 bits per heavy atom. The van der Waals surface area contributed by atoms with E-state index in [4.69, 9.17) is 4.74 Å². The van der Waals surface area contributed by atoms with Crippen LogP contribution in [-0.4, -0.2) is 13.7 Å². The largest absolute Gasteiger partial charge is 0.497 e. The van der Waals surface area contributed by atoms with Crippen LogP contribution in [0.4, 0.5) is 0 Å². The van der Waals surface area contributed by atoms with Crippen LogP contribution in [0, 0.1) is 5.92 Å². The second kappa shape index (κ2) is 4.01. The van der Waals surface area contributed by atoms with Gasteiger partial charge in [-0.3, -0.25) is 0 Å². The van der Waals surface area contributed by atoms with Gasteiger partial charge in [0.15, 0.2) is 0 Å². The van der Waals surface area contributed by atoms with Gasteiger partial charge in [-0.1, -0.05) is 19.1 Å². The fourth-order valence-electron chi connectivity index (χ4n) is 2.02. The van der Waals surface area contributed by atoms with Gasteiger partial charge in [0.05, 0.1) is 7.11 Å². The topological polar surface area (TPSA) is 21.3 Å². The quantitative estimate of drug-likeness (QED) is 0.775. The van der Waals surface area contributed by atoms with Gasteiger partial charge >= 0.3 is 0 Å². The lowest BCUT2D eigenvalue weighted by atomic mass is 10.0. The molecule has 1 saturated heterocycles. The van der Waals surface area contributed by atoms with Gasteiger partial charge in [0.25, 0.3) is 0 Å². The number of rotatable bonds is 2. The van der Waals surface area contributed by atoms with Gasteiger partial charge in [-0.25, -0.2) is 0 Å². The highest BCUT2D eigenvalue weighted by molar-refractivity contribution is 5.31. The molecule has 0 radical (unpaired) electrons. The summed E-state index contributed by atoms with van der Waals surface area (Å²) < 4.78 is 5.21. The van der Waals surface area contributed by atoms with Gasteiger partial charge in [0.2, 0.25) is 0 Å². The average Bonchev–Trinajstić information content (AvgIpc) is 2.65. The molecule has 0 saturated carbocycles. The van der Waals surface area contributed by atoms with Crippen LogP contribution in [0.5, 0.6) is 5.75 Å². The number of benzene rings is 1. The number of methoxy groups -OCH3 is 1. The standard InChI is InChI=1S/C12H17NO/c1-9-6-12(13-8-9)10-4-3-5-11(7-10)14-2/h3-5,7,9,12-13H,6,8H2,1-2H3/t9-,12+/m1/s1. The van der Waals surface area contributed by atoms with E-state index in [-0.39, 0.29) is 0 Å². The molecule has 2 heteroatoms. The van der Waals surface area contributed by atoms with Crippen LogP contribution in [-0.2, 0) is 0 Å². The predicted octanol–water partition coefficient (Wildman–Crippen LogP) is 2.37. The van der Waals surface area contributed by atoms with E-state index in [0.29, 0.717) is 6.04 Å². The number of nitrogens with one attached hydrogen (secondary N) is 1. The third-order valence-corrected chi connectivity index (χ3v) is 2.85. The van der Waals surface area contributed by atoms with Crippen LogP contribution >= 0.6 is 0 Å². The maximum Gasteiger partial charge on any atom is 0.119 e. The Morgan fingerprint density at radius 2 is 2.29 bits per heavy atom. The molecule has 0 aromatic heterocycles. The molecule has 2 nitrogen and oxygen atoms in total. The van der Waals surface area contributed by atoms with Crippen LogP contribution in [0.1, 0.15) is 24.9 Å². The van der Waals surface area contributed by atoms with Crippen molar-refractivity contribution in [3.63, 3.8) is 0 Å². The lowest BCUT2D eigenvalue weighted by molar-refractivity contribution is 0.413. The molecule has 1 aromatic rings. The van der Waals surface area contributed by atoms with E-state index in [1.54, 1.807) is 7.11 Å². The van der Waals surface area contributed by atoms with E-state index in [1.807, 2.05) is 6.07 Å². The molecule has 1 aliphatic rings. The first-order chi connectivity index (χ1) is 6.79. The minimum Gasteiger partial charge on any atom is -0.497 e. The highest BCUT2D eigenvalue weighted by atomic mass is 16.5. The molecule has 0 unspecified atom stereocenters. The Labute approximate surface area is 85.3 Å². The second-order valence-corrected chi connectivity index (χ2v) is 4.08. The highest BCUT2D eigenvalue weighted by Crippen LogP contribution is 2.28. The first kappa shape index (κ1) is 9.53. The summed E-state index contributed by atoms with van der Waals surface area (Å²) in [6.45, 7) is 3.41. The van der Waals surface area contributed by atoms with Crippen molar-refractivity contribution in [3.8, 4) is 5.75 Å². The average molecular weight is 191 g/mol. The van der Waals surface area contributed by atoms with Gasteiger partial charge in [-0.15, -0.1) is 0 Å². The molecule has 0 amide bonds. The molecule has 0 aliphatic carbocycles. The summed E-state index contributed by atoms with van der Waals surface area (Å²) in [7, 11) is 1.71. The summed E-state index contributed by atoms with van der Waals surface area (Å²) in [6.07, 6.45) is 1.23. The smallest absolute Gasteiger partial charge is 0.119 e. The van der Waals surface area contributed by atoms with E-state index in [1.165, 1.54) is 12.0 Å². The molecular formula is C12H17NO. The van der Waals surface area contributed by atoms with Gasteiger partial charge in [0, 0.05) is 6.04 Å².